The fraction of sp³-hybridized carbons (Fsp3) is 0.625. The Bertz CT molecular complexity index is 387. The summed E-state index contributed by atoms with van der Waals surface area (Å²) in [6.45, 7) is 4.84. The van der Waals surface area contributed by atoms with Crippen LogP contribution in [0.4, 0.5) is 0 Å². The van der Waals surface area contributed by atoms with E-state index < -0.39 is 0 Å². The molecule has 2 aliphatic rings. The first-order chi connectivity index (χ1) is 9.39. The minimum absolute atomic E-state index is 0.496. The summed E-state index contributed by atoms with van der Waals surface area (Å²) in [4.78, 5) is 4.17. The Kier molecular flexibility index (Phi) is 4.46. The molecule has 1 heterocycles. The van der Waals surface area contributed by atoms with Crippen molar-refractivity contribution in [2.45, 2.75) is 36.1 Å². The molecule has 0 aromatic heterocycles. The van der Waals surface area contributed by atoms with Crippen LogP contribution in [0.25, 0.3) is 0 Å². The first-order valence-electron chi connectivity index (χ1n) is 7.53. The summed E-state index contributed by atoms with van der Waals surface area (Å²) in [6.07, 6.45) is 5.64. The van der Waals surface area contributed by atoms with Gasteiger partial charge in [0.1, 0.15) is 0 Å². The molecular weight excluding hydrogens is 252 g/mol. The normalized spacial score (nSPS) is 22.9. The molecule has 0 amide bonds. The second kappa shape index (κ2) is 6.29. The molecule has 1 spiro atoms. The average Bonchev–Trinajstić information content (AvgIpc) is 2.92. The van der Waals surface area contributed by atoms with Crippen molar-refractivity contribution in [2.24, 2.45) is 0 Å². The summed E-state index contributed by atoms with van der Waals surface area (Å²) in [5.74, 6) is 1.21. The van der Waals surface area contributed by atoms with Gasteiger partial charge in [0, 0.05) is 42.4 Å². The second-order valence-corrected chi connectivity index (χ2v) is 6.93. The fourth-order valence-corrected chi connectivity index (χ4v) is 4.45. The highest BCUT2D eigenvalue weighted by Gasteiger charge is 2.40. The minimum Gasteiger partial charge on any atom is -0.314 e. The first-order valence-corrected chi connectivity index (χ1v) is 8.51. The molecule has 2 nitrogen and oxygen atoms in total. The predicted octanol–water partition coefficient (Wildman–Crippen LogP) is 3.00. The summed E-state index contributed by atoms with van der Waals surface area (Å²) < 4.78 is 0. The zero-order chi connectivity index (χ0) is 13.0. The van der Waals surface area contributed by atoms with E-state index in [2.05, 4.69) is 40.5 Å². The molecule has 0 radical (unpaired) electrons. The minimum atomic E-state index is 0.496. The lowest BCUT2D eigenvalue weighted by molar-refractivity contribution is 0.0719. The van der Waals surface area contributed by atoms with E-state index >= 15 is 0 Å². The third-order valence-corrected chi connectivity index (χ3v) is 5.58. The molecule has 19 heavy (non-hydrogen) atoms. The lowest BCUT2D eigenvalue weighted by Crippen LogP contribution is -2.60. The molecule has 1 saturated carbocycles. The largest absolute Gasteiger partial charge is 0.314 e. The topological polar surface area (TPSA) is 15.3 Å². The number of piperazine rings is 1. The van der Waals surface area contributed by atoms with E-state index in [9.17, 15) is 0 Å². The highest BCUT2D eigenvalue weighted by atomic mass is 32.2. The van der Waals surface area contributed by atoms with Gasteiger partial charge in [-0.15, -0.1) is 11.8 Å². The standard InChI is InChI=1S/C16H24N2S/c1-2-6-15(7-3-1)19-13-12-18-11-10-17-14-16(18)8-4-5-9-16/h1-3,6-7,17H,4-5,8-14H2. The fourth-order valence-electron chi connectivity index (χ4n) is 3.55. The van der Waals surface area contributed by atoms with Gasteiger partial charge in [0.25, 0.3) is 0 Å². The lowest BCUT2D eigenvalue weighted by atomic mass is 9.93. The number of hydrogen-bond acceptors (Lipinski definition) is 3. The molecule has 104 valence electrons. The van der Waals surface area contributed by atoms with Gasteiger partial charge in [-0.25, -0.2) is 0 Å². The third kappa shape index (κ3) is 3.15. The number of thioether (sulfide) groups is 1. The molecule has 2 fully saturated rings. The van der Waals surface area contributed by atoms with Gasteiger partial charge in [0.15, 0.2) is 0 Å². The van der Waals surface area contributed by atoms with Crippen molar-refractivity contribution in [1.29, 1.82) is 0 Å². The summed E-state index contributed by atoms with van der Waals surface area (Å²) in [5, 5.41) is 3.61. The van der Waals surface area contributed by atoms with Crippen LogP contribution in [0.5, 0.6) is 0 Å². The molecule has 3 rings (SSSR count). The SMILES string of the molecule is c1ccc(SCCN2CCNCC23CCCC3)cc1. The quantitative estimate of drug-likeness (QED) is 0.851. The maximum absolute atomic E-state index is 3.61. The molecule has 1 aliphatic heterocycles. The predicted molar refractivity (Wildman–Crippen MR) is 82.8 cm³/mol. The van der Waals surface area contributed by atoms with E-state index in [1.165, 1.54) is 56.0 Å². The van der Waals surface area contributed by atoms with Crippen molar-refractivity contribution in [2.75, 3.05) is 31.9 Å². The van der Waals surface area contributed by atoms with E-state index in [0.29, 0.717) is 5.54 Å². The van der Waals surface area contributed by atoms with Gasteiger partial charge in [-0.05, 0) is 25.0 Å². The van der Waals surface area contributed by atoms with Gasteiger partial charge in [-0.1, -0.05) is 31.0 Å². The van der Waals surface area contributed by atoms with Crippen molar-refractivity contribution in [3.8, 4) is 0 Å². The van der Waals surface area contributed by atoms with E-state index in [-0.39, 0.29) is 0 Å². The summed E-state index contributed by atoms with van der Waals surface area (Å²) in [6, 6.07) is 10.8. The molecule has 0 bridgehead atoms. The van der Waals surface area contributed by atoms with Crippen molar-refractivity contribution in [3.05, 3.63) is 30.3 Å². The van der Waals surface area contributed by atoms with Crippen LogP contribution < -0.4 is 5.32 Å². The number of nitrogens with zero attached hydrogens (tertiary/aromatic N) is 1. The van der Waals surface area contributed by atoms with Crippen LogP contribution in [0.1, 0.15) is 25.7 Å². The molecule has 0 atom stereocenters. The van der Waals surface area contributed by atoms with Gasteiger partial charge in [0.05, 0.1) is 0 Å². The average molecular weight is 276 g/mol. The maximum atomic E-state index is 3.61. The molecule has 1 aliphatic carbocycles. The number of benzene rings is 1. The Morgan fingerprint density at radius 1 is 1.16 bits per heavy atom. The molecule has 0 unspecified atom stereocenters. The highest BCUT2D eigenvalue weighted by Crippen LogP contribution is 2.36. The van der Waals surface area contributed by atoms with Crippen LogP contribution in [0.15, 0.2) is 35.2 Å². The zero-order valence-electron chi connectivity index (χ0n) is 11.6. The number of nitrogens with one attached hydrogen (secondary N) is 1. The van der Waals surface area contributed by atoms with Crippen molar-refractivity contribution in [3.63, 3.8) is 0 Å². The summed E-state index contributed by atoms with van der Waals surface area (Å²) in [7, 11) is 0. The van der Waals surface area contributed by atoms with Gasteiger partial charge >= 0.3 is 0 Å². The third-order valence-electron chi connectivity index (χ3n) is 4.59. The maximum Gasteiger partial charge on any atom is 0.0334 e. The molecule has 3 heteroatoms. The lowest BCUT2D eigenvalue weighted by Gasteiger charge is -2.45. The van der Waals surface area contributed by atoms with Crippen LogP contribution in [0, 0.1) is 0 Å². The van der Waals surface area contributed by atoms with Gasteiger partial charge in [-0.3, -0.25) is 4.90 Å². The molecule has 1 saturated heterocycles. The van der Waals surface area contributed by atoms with Gasteiger partial charge < -0.3 is 5.32 Å². The van der Waals surface area contributed by atoms with Crippen molar-refractivity contribution < 1.29 is 0 Å². The van der Waals surface area contributed by atoms with E-state index in [4.69, 9.17) is 0 Å². The first kappa shape index (κ1) is 13.5. The second-order valence-electron chi connectivity index (χ2n) is 5.76. The van der Waals surface area contributed by atoms with Crippen molar-refractivity contribution in [1.82, 2.24) is 10.2 Å². The highest BCUT2D eigenvalue weighted by molar-refractivity contribution is 7.99. The van der Waals surface area contributed by atoms with Crippen LogP contribution in [0.3, 0.4) is 0 Å². The van der Waals surface area contributed by atoms with Crippen LogP contribution >= 0.6 is 11.8 Å². The Morgan fingerprint density at radius 2 is 1.95 bits per heavy atom. The molecular formula is C16H24N2S. The number of hydrogen-bond donors (Lipinski definition) is 1. The monoisotopic (exact) mass is 276 g/mol. The molecule has 1 N–H and O–H groups in total. The van der Waals surface area contributed by atoms with Crippen LogP contribution in [-0.2, 0) is 0 Å². The molecule has 1 aromatic carbocycles. The van der Waals surface area contributed by atoms with Crippen LogP contribution in [0.2, 0.25) is 0 Å². The Hall–Kier alpha value is -0.510. The Labute approximate surface area is 121 Å². The Morgan fingerprint density at radius 3 is 2.74 bits per heavy atom. The van der Waals surface area contributed by atoms with E-state index in [1.54, 1.807) is 0 Å². The Balaban J connectivity index is 1.53. The number of rotatable bonds is 4. The van der Waals surface area contributed by atoms with E-state index in [1.807, 2.05) is 11.8 Å². The smallest absolute Gasteiger partial charge is 0.0334 e. The molecule has 1 aromatic rings. The van der Waals surface area contributed by atoms with Gasteiger partial charge in [0.2, 0.25) is 0 Å². The summed E-state index contributed by atoms with van der Waals surface area (Å²) >= 11 is 1.99. The van der Waals surface area contributed by atoms with Gasteiger partial charge in [-0.2, -0.15) is 0 Å². The zero-order valence-corrected chi connectivity index (χ0v) is 12.4. The van der Waals surface area contributed by atoms with E-state index in [0.717, 1.165) is 6.54 Å². The van der Waals surface area contributed by atoms with Crippen LogP contribution in [-0.4, -0.2) is 42.4 Å². The summed E-state index contributed by atoms with van der Waals surface area (Å²) in [5.41, 5.74) is 0.496. The van der Waals surface area contributed by atoms with Crippen molar-refractivity contribution >= 4 is 11.8 Å².